The number of carbonyl (C=O) groups is 1. The van der Waals surface area contributed by atoms with Crippen LogP contribution in [-0.4, -0.2) is 15.6 Å². The highest BCUT2D eigenvalue weighted by Gasteiger charge is 2.11. The molecule has 0 saturated heterocycles. The smallest absolute Gasteiger partial charge is 0.308 e. The number of hydrogen-bond donors (Lipinski definition) is 2. The van der Waals surface area contributed by atoms with Crippen LogP contribution in [0, 0.1) is 27.7 Å². The number of aryl methyl sites for hydroxylation is 4. The zero-order valence-electron chi connectivity index (χ0n) is 15.8. The zero-order valence-corrected chi connectivity index (χ0v) is 15.8. The molecule has 138 valence electrons. The van der Waals surface area contributed by atoms with Gasteiger partial charge >= 0.3 is 6.03 Å². The van der Waals surface area contributed by atoms with Crippen molar-refractivity contribution in [1.29, 1.82) is 0 Å². The van der Waals surface area contributed by atoms with Gasteiger partial charge in [0.1, 0.15) is 0 Å². The summed E-state index contributed by atoms with van der Waals surface area (Å²) in [4.78, 5) is 29.1. The van der Waals surface area contributed by atoms with E-state index < -0.39 is 11.6 Å². The van der Waals surface area contributed by atoms with Gasteiger partial charge in [-0.15, -0.1) is 0 Å². The van der Waals surface area contributed by atoms with Gasteiger partial charge in [0.05, 0.1) is 0 Å². The summed E-state index contributed by atoms with van der Waals surface area (Å²) >= 11 is 0. The third-order valence-electron chi connectivity index (χ3n) is 4.04. The molecule has 2 aromatic carbocycles. The number of amides is 2. The monoisotopic (exact) mass is 362 g/mol. The molecule has 27 heavy (non-hydrogen) atoms. The van der Waals surface area contributed by atoms with Crippen LogP contribution in [0.4, 0.5) is 16.3 Å². The van der Waals surface area contributed by atoms with Crippen LogP contribution in [0.5, 0.6) is 0 Å². The van der Waals surface area contributed by atoms with Crippen LogP contribution in [0.15, 0.2) is 53.6 Å². The largest absolute Gasteiger partial charge is 0.325 e. The van der Waals surface area contributed by atoms with E-state index in [-0.39, 0.29) is 5.82 Å². The van der Waals surface area contributed by atoms with Gasteiger partial charge in [0.25, 0.3) is 5.56 Å². The Morgan fingerprint density at radius 3 is 2.00 bits per heavy atom. The van der Waals surface area contributed by atoms with Crippen molar-refractivity contribution >= 4 is 17.5 Å². The number of nitrogens with one attached hydrogen (secondary N) is 2. The molecule has 1 heterocycles. The lowest BCUT2D eigenvalue weighted by molar-refractivity contribution is 0.262. The molecule has 1 aromatic heterocycles. The summed E-state index contributed by atoms with van der Waals surface area (Å²) in [6.45, 7) is 7.85. The van der Waals surface area contributed by atoms with Gasteiger partial charge in [-0.05, 0) is 74.2 Å². The van der Waals surface area contributed by atoms with E-state index in [0.717, 1.165) is 27.9 Å². The van der Waals surface area contributed by atoms with Gasteiger partial charge < -0.3 is 5.32 Å². The van der Waals surface area contributed by atoms with Crippen LogP contribution >= 0.6 is 0 Å². The molecule has 0 aliphatic rings. The fraction of sp³-hybridized carbons (Fsp3) is 0.190. The fourth-order valence-electron chi connectivity index (χ4n) is 3.11. The molecule has 0 fully saturated rings. The van der Waals surface area contributed by atoms with E-state index >= 15 is 0 Å². The molecule has 6 nitrogen and oxygen atoms in total. The molecule has 3 rings (SSSR count). The van der Waals surface area contributed by atoms with Crippen molar-refractivity contribution < 1.29 is 4.79 Å². The summed E-state index contributed by atoms with van der Waals surface area (Å²) in [7, 11) is 0. The highest BCUT2D eigenvalue weighted by Crippen LogP contribution is 2.15. The number of hydrogen-bond acceptors (Lipinski definition) is 3. The van der Waals surface area contributed by atoms with Crippen molar-refractivity contribution in [3.8, 4) is 5.69 Å². The molecular weight excluding hydrogens is 340 g/mol. The molecule has 3 aromatic rings. The molecule has 0 saturated carbocycles. The Morgan fingerprint density at radius 2 is 1.41 bits per heavy atom. The van der Waals surface area contributed by atoms with Gasteiger partial charge in [0.2, 0.25) is 5.82 Å². The highest BCUT2D eigenvalue weighted by atomic mass is 16.2. The second kappa shape index (κ2) is 7.45. The Morgan fingerprint density at radius 1 is 0.852 bits per heavy atom. The minimum absolute atomic E-state index is 0.0291. The number of carbonyl (C=O) groups excluding carboxylic acids is 1. The molecule has 0 unspecified atom stereocenters. The maximum absolute atomic E-state index is 12.7. The fourth-order valence-corrected chi connectivity index (χ4v) is 3.11. The Balaban J connectivity index is 1.85. The standard InChI is InChI=1S/C21H22N4O2/c1-13-7-14(2)10-17(9-13)23-21(27)24-19-20(26)25(6-5-22-19)18-11-15(3)8-16(4)12-18/h5-12H,1-4H3,(H2,22,23,24,27). The number of aromatic nitrogens is 2. The van der Waals surface area contributed by atoms with E-state index in [1.54, 1.807) is 6.20 Å². The van der Waals surface area contributed by atoms with Crippen molar-refractivity contribution in [3.05, 3.63) is 81.4 Å². The van der Waals surface area contributed by atoms with Gasteiger partial charge in [-0.1, -0.05) is 12.1 Å². The highest BCUT2D eigenvalue weighted by molar-refractivity contribution is 5.99. The quantitative estimate of drug-likeness (QED) is 0.736. The van der Waals surface area contributed by atoms with Crippen LogP contribution in [0.2, 0.25) is 0 Å². The summed E-state index contributed by atoms with van der Waals surface area (Å²) in [5.74, 6) is -0.0291. The number of nitrogens with zero attached hydrogens (tertiary/aromatic N) is 2. The van der Waals surface area contributed by atoms with Crippen molar-refractivity contribution in [3.63, 3.8) is 0 Å². The first-order valence-electron chi connectivity index (χ1n) is 8.64. The zero-order chi connectivity index (χ0) is 19.6. The first-order chi connectivity index (χ1) is 12.8. The second-order valence-corrected chi connectivity index (χ2v) is 6.75. The first-order valence-corrected chi connectivity index (χ1v) is 8.64. The average molecular weight is 362 g/mol. The van der Waals surface area contributed by atoms with E-state index in [1.807, 2.05) is 64.1 Å². The van der Waals surface area contributed by atoms with Crippen molar-refractivity contribution in [2.24, 2.45) is 0 Å². The lowest BCUT2D eigenvalue weighted by atomic mass is 10.1. The minimum atomic E-state index is -0.511. The molecular formula is C21H22N4O2. The number of rotatable bonds is 3. The lowest BCUT2D eigenvalue weighted by Crippen LogP contribution is -2.28. The van der Waals surface area contributed by atoms with E-state index in [1.165, 1.54) is 10.8 Å². The number of benzene rings is 2. The van der Waals surface area contributed by atoms with Crippen LogP contribution in [0.25, 0.3) is 5.69 Å². The van der Waals surface area contributed by atoms with Crippen LogP contribution in [0.1, 0.15) is 22.3 Å². The first kappa shape index (κ1) is 18.4. The molecule has 0 bridgehead atoms. The van der Waals surface area contributed by atoms with Crippen molar-refractivity contribution in [1.82, 2.24) is 9.55 Å². The molecule has 0 aliphatic carbocycles. The third-order valence-corrected chi connectivity index (χ3v) is 4.04. The van der Waals surface area contributed by atoms with E-state index in [0.29, 0.717) is 5.69 Å². The molecule has 6 heteroatoms. The maximum Gasteiger partial charge on any atom is 0.325 e. The summed E-state index contributed by atoms with van der Waals surface area (Å²) in [5, 5.41) is 5.28. The summed E-state index contributed by atoms with van der Waals surface area (Å²) < 4.78 is 1.47. The molecule has 0 spiro atoms. The Labute approximate surface area is 157 Å². The van der Waals surface area contributed by atoms with Crippen LogP contribution in [-0.2, 0) is 0 Å². The van der Waals surface area contributed by atoms with Crippen LogP contribution in [0.3, 0.4) is 0 Å². The molecule has 2 N–H and O–H groups in total. The van der Waals surface area contributed by atoms with Gasteiger partial charge in [-0.25, -0.2) is 9.78 Å². The number of anilines is 2. The van der Waals surface area contributed by atoms with Gasteiger partial charge in [-0.2, -0.15) is 0 Å². The number of urea groups is 1. The summed E-state index contributed by atoms with van der Waals surface area (Å²) in [6, 6.07) is 11.1. The predicted molar refractivity (Wildman–Crippen MR) is 108 cm³/mol. The minimum Gasteiger partial charge on any atom is -0.308 e. The molecule has 0 aliphatic heterocycles. The Kier molecular flexibility index (Phi) is 5.07. The maximum atomic E-state index is 12.7. The molecule has 0 radical (unpaired) electrons. The van der Waals surface area contributed by atoms with Gasteiger partial charge in [0.15, 0.2) is 0 Å². The molecule has 0 atom stereocenters. The normalized spacial score (nSPS) is 10.5. The lowest BCUT2D eigenvalue weighted by Gasteiger charge is -2.11. The topological polar surface area (TPSA) is 76.0 Å². The Bertz CT molecular complexity index is 1030. The third kappa shape index (κ3) is 4.41. The molecule has 2 amide bonds. The summed E-state index contributed by atoms with van der Waals surface area (Å²) in [5.41, 5.74) is 5.19. The van der Waals surface area contributed by atoms with E-state index in [9.17, 15) is 9.59 Å². The SMILES string of the molecule is Cc1cc(C)cc(NC(=O)Nc2nccn(-c3cc(C)cc(C)c3)c2=O)c1. The van der Waals surface area contributed by atoms with E-state index in [2.05, 4.69) is 15.6 Å². The van der Waals surface area contributed by atoms with Gasteiger partial charge in [-0.3, -0.25) is 14.7 Å². The average Bonchev–Trinajstić information content (AvgIpc) is 2.54. The predicted octanol–water partition coefficient (Wildman–Crippen LogP) is 4.11. The summed E-state index contributed by atoms with van der Waals surface area (Å²) in [6.07, 6.45) is 3.08. The van der Waals surface area contributed by atoms with Crippen molar-refractivity contribution in [2.75, 3.05) is 10.6 Å². The van der Waals surface area contributed by atoms with Crippen LogP contribution < -0.4 is 16.2 Å². The van der Waals surface area contributed by atoms with Crippen molar-refractivity contribution in [2.45, 2.75) is 27.7 Å². The Hall–Kier alpha value is -3.41. The van der Waals surface area contributed by atoms with Gasteiger partial charge in [0, 0.05) is 23.8 Å². The van der Waals surface area contributed by atoms with E-state index in [4.69, 9.17) is 0 Å². The second-order valence-electron chi connectivity index (χ2n) is 6.75.